The fourth-order valence-corrected chi connectivity index (χ4v) is 4.44. The number of halogens is 2. The Kier molecular flexibility index (Phi) is 13.7. The summed E-state index contributed by atoms with van der Waals surface area (Å²) >= 11 is 6.20. The highest BCUT2D eigenvalue weighted by Gasteiger charge is 2.30. The molecule has 0 bridgehead atoms. The van der Waals surface area contributed by atoms with Crippen LogP contribution in [0.4, 0.5) is 10.2 Å². The van der Waals surface area contributed by atoms with Gasteiger partial charge in [-0.15, -0.1) is 0 Å². The van der Waals surface area contributed by atoms with Gasteiger partial charge < -0.3 is 24.5 Å². The number of rotatable bonds is 18. The van der Waals surface area contributed by atoms with E-state index >= 15 is 4.48 Å². The lowest BCUT2D eigenvalue weighted by molar-refractivity contribution is -0.126. The first-order chi connectivity index (χ1) is 20.4. The molecule has 7 nitrogen and oxygen atoms in total. The number of nitrogens with zero attached hydrogens (tertiary/aromatic N) is 2. The third kappa shape index (κ3) is 10.8. The number of benzene rings is 3. The zero-order valence-corrected chi connectivity index (χ0v) is 24.5. The van der Waals surface area contributed by atoms with Crippen LogP contribution in [0.5, 0.6) is 5.75 Å². The molecule has 3 aromatic carbocycles. The lowest BCUT2D eigenvalue weighted by Gasteiger charge is -2.27. The molecule has 0 spiro atoms. The first-order valence-corrected chi connectivity index (χ1v) is 14.3. The number of amides is 1. The van der Waals surface area contributed by atoms with E-state index in [0.717, 1.165) is 25.1 Å². The summed E-state index contributed by atoms with van der Waals surface area (Å²) in [7, 11) is 2.04. The van der Waals surface area contributed by atoms with E-state index in [2.05, 4.69) is 22.3 Å². The second-order valence-corrected chi connectivity index (χ2v) is 10.3. The molecule has 0 aliphatic rings. The topological polar surface area (TPSA) is 79.0 Å². The van der Waals surface area contributed by atoms with E-state index in [1.54, 1.807) is 24.3 Å². The van der Waals surface area contributed by atoms with Crippen LogP contribution >= 0.6 is 11.6 Å². The first kappa shape index (κ1) is 32.5. The van der Waals surface area contributed by atoms with Crippen molar-refractivity contribution in [3.05, 3.63) is 107 Å². The molecule has 222 valence electrons. The summed E-state index contributed by atoms with van der Waals surface area (Å²) in [5.74, 6) is -0.519. The Morgan fingerprint density at radius 2 is 1.69 bits per heavy atom. The van der Waals surface area contributed by atoms with Crippen molar-refractivity contribution >= 4 is 35.8 Å². The minimum Gasteiger partial charge on any atom is -0.487 e. The molecular weight excluding hydrogens is 557 g/mol. The van der Waals surface area contributed by atoms with Crippen molar-refractivity contribution in [2.45, 2.75) is 37.8 Å². The zero-order chi connectivity index (χ0) is 30.2. The van der Waals surface area contributed by atoms with Gasteiger partial charge in [0.15, 0.2) is 0 Å². The standard InChI is InChI=1S/C33H37ClFN3O4/c1-37(20-18-26-11-4-2-5-12-26)19-8-9-22-42-32-24-28(34)16-17-30(32)38(35)31(23-27-13-6-3-7-14-27)33(41)36-29(25-40)15-10-21-39/h2-9,11-14,16-17,21,24-25,29,31H,10,15,18-20,22-23H2,1H3,(H,36,41)/b9-8-/t29?,31-/m1/s1. The van der Waals surface area contributed by atoms with Gasteiger partial charge in [-0.05, 0) is 43.1 Å². The summed E-state index contributed by atoms with van der Waals surface area (Å²) in [5, 5.41) is 3.26. The van der Waals surface area contributed by atoms with E-state index < -0.39 is 18.0 Å². The molecule has 0 aromatic heterocycles. The number of likely N-dealkylation sites (N-methyl/N-ethyl adjacent to an activating group) is 1. The maximum Gasteiger partial charge on any atom is 0.246 e. The number of nitrogens with one attached hydrogen (secondary N) is 1. The molecule has 3 rings (SSSR count). The van der Waals surface area contributed by atoms with Crippen molar-refractivity contribution in [1.29, 1.82) is 0 Å². The lowest BCUT2D eigenvalue weighted by Crippen LogP contribution is -2.49. The van der Waals surface area contributed by atoms with Crippen LogP contribution in [-0.2, 0) is 27.2 Å². The minimum absolute atomic E-state index is 0.0272. The number of ether oxygens (including phenoxy) is 1. The maximum absolute atomic E-state index is 16.1. The van der Waals surface area contributed by atoms with Crippen LogP contribution in [0.25, 0.3) is 0 Å². The van der Waals surface area contributed by atoms with Crippen LogP contribution in [-0.4, -0.2) is 62.2 Å². The van der Waals surface area contributed by atoms with Crippen molar-refractivity contribution in [2.24, 2.45) is 0 Å². The van der Waals surface area contributed by atoms with Crippen molar-refractivity contribution in [3.63, 3.8) is 0 Å². The van der Waals surface area contributed by atoms with Gasteiger partial charge in [-0.25, -0.2) is 0 Å². The largest absolute Gasteiger partial charge is 0.487 e. The summed E-state index contributed by atoms with van der Waals surface area (Å²) in [4.78, 5) is 37.7. The Morgan fingerprint density at radius 1 is 1.00 bits per heavy atom. The Labute approximate surface area is 251 Å². The van der Waals surface area contributed by atoms with Gasteiger partial charge in [0, 0.05) is 37.0 Å². The Morgan fingerprint density at radius 3 is 2.36 bits per heavy atom. The summed E-state index contributed by atoms with van der Waals surface area (Å²) < 4.78 is 22.0. The van der Waals surface area contributed by atoms with Crippen molar-refractivity contribution in [1.82, 2.24) is 10.2 Å². The van der Waals surface area contributed by atoms with Crippen LogP contribution in [0.2, 0.25) is 5.02 Å². The highest BCUT2D eigenvalue weighted by atomic mass is 35.5. The maximum atomic E-state index is 16.1. The SMILES string of the molecule is CN(C/C=C\COc1cc(Cl)ccc1N(F)[C@H](Cc1ccccc1)C(=O)NC(C=O)CCC=O)CCc1ccccc1. The molecule has 0 heterocycles. The third-order valence-electron chi connectivity index (χ3n) is 6.63. The van der Waals surface area contributed by atoms with Gasteiger partial charge in [-0.3, -0.25) is 4.79 Å². The molecule has 0 radical (unpaired) electrons. The number of anilines is 1. The highest BCUT2D eigenvalue weighted by molar-refractivity contribution is 6.30. The molecule has 1 unspecified atom stereocenters. The van der Waals surface area contributed by atoms with Gasteiger partial charge in [-0.1, -0.05) is 88.9 Å². The van der Waals surface area contributed by atoms with E-state index in [-0.39, 0.29) is 37.3 Å². The lowest BCUT2D eigenvalue weighted by atomic mass is 10.0. The van der Waals surface area contributed by atoms with E-state index in [9.17, 15) is 14.4 Å². The van der Waals surface area contributed by atoms with Gasteiger partial charge in [0.2, 0.25) is 5.91 Å². The van der Waals surface area contributed by atoms with E-state index in [0.29, 0.717) is 22.7 Å². The van der Waals surface area contributed by atoms with Crippen molar-refractivity contribution < 1.29 is 23.6 Å². The molecule has 0 saturated carbocycles. The van der Waals surface area contributed by atoms with E-state index in [1.165, 1.54) is 23.8 Å². The van der Waals surface area contributed by atoms with Crippen molar-refractivity contribution in [3.8, 4) is 5.75 Å². The number of carbonyl (C=O) groups is 3. The average molecular weight is 594 g/mol. The van der Waals surface area contributed by atoms with Crippen LogP contribution in [0.1, 0.15) is 24.0 Å². The molecule has 0 fully saturated rings. The Balaban J connectivity index is 1.68. The quantitative estimate of drug-likeness (QED) is 0.121. The Bertz CT molecular complexity index is 1290. The van der Waals surface area contributed by atoms with Crippen LogP contribution in [0.15, 0.2) is 91.0 Å². The van der Waals surface area contributed by atoms with E-state index in [1.807, 2.05) is 43.5 Å². The first-order valence-electron chi connectivity index (χ1n) is 13.9. The average Bonchev–Trinajstić information content (AvgIpc) is 3.01. The molecule has 9 heteroatoms. The minimum atomic E-state index is -1.32. The van der Waals surface area contributed by atoms with Gasteiger partial charge in [-0.2, -0.15) is 5.12 Å². The van der Waals surface area contributed by atoms with E-state index in [4.69, 9.17) is 16.3 Å². The Hall–Kier alpha value is -4.01. The van der Waals surface area contributed by atoms with Gasteiger partial charge in [0.25, 0.3) is 0 Å². The smallest absolute Gasteiger partial charge is 0.246 e. The van der Waals surface area contributed by atoms with Crippen LogP contribution in [0, 0.1) is 0 Å². The number of carbonyl (C=O) groups excluding carboxylic acids is 3. The second-order valence-electron chi connectivity index (χ2n) is 9.90. The number of hydrogen-bond acceptors (Lipinski definition) is 6. The van der Waals surface area contributed by atoms with Crippen molar-refractivity contribution in [2.75, 3.05) is 31.9 Å². The van der Waals surface area contributed by atoms with Crippen LogP contribution < -0.4 is 15.2 Å². The second kappa shape index (κ2) is 17.7. The summed E-state index contributed by atoms with van der Waals surface area (Å²) in [6, 6.07) is 21.5. The summed E-state index contributed by atoms with van der Waals surface area (Å²) in [5.41, 5.74) is 2.04. The molecule has 1 amide bonds. The predicted molar refractivity (Wildman–Crippen MR) is 165 cm³/mol. The predicted octanol–water partition coefficient (Wildman–Crippen LogP) is 5.41. The molecule has 1 N–H and O–H groups in total. The van der Waals surface area contributed by atoms with Gasteiger partial charge >= 0.3 is 0 Å². The third-order valence-corrected chi connectivity index (χ3v) is 6.87. The highest BCUT2D eigenvalue weighted by Crippen LogP contribution is 2.34. The number of aldehydes is 2. The number of hydrogen-bond donors (Lipinski definition) is 1. The zero-order valence-electron chi connectivity index (χ0n) is 23.7. The molecular formula is C33H37ClFN3O4. The summed E-state index contributed by atoms with van der Waals surface area (Å²) in [6.07, 6.45) is 6.24. The summed E-state index contributed by atoms with van der Waals surface area (Å²) in [6.45, 7) is 1.78. The molecule has 0 aliphatic heterocycles. The normalized spacial score (nSPS) is 12.6. The fraction of sp³-hybridized carbons (Fsp3) is 0.303. The van der Waals surface area contributed by atoms with Crippen LogP contribution in [0.3, 0.4) is 0 Å². The molecule has 2 atom stereocenters. The molecule has 0 saturated heterocycles. The molecule has 3 aromatic rings. The molecule has 0 aliphatic carbocycles. The van der Waals surface area contributed by atoms with Gasteiger partial charge in [0.05, 0.1) is 6.04 Å². The molecule has 42 heavy (non-hydrogen) atoms. The monoisotopic (exact) mass is 593 g/mol. The fourth-order valence-electron chi connectivity index (χ4n) is 4.28. The van der Waals surface area contributed by atoms with Gasteiger partial charge in [0.1, 0.15) is 36.7 Å².